The van der Waals surface area contributed by atoms with Crippen molar-refractivity contribution in [1.29, 1.82) is 0 Å². The Morgan fingerprint density at radius 3 is 2.35 bits per heavy atom. The van der Waals surface area contributed by atoms with E-state index in [9.17, 15) is 22.8 Å². The van der Waals surface area contributed by atoms with Crippen LogP contribution in [0.3, 0.4) is 0 Å². The lowest BCUT2D eigenvalue weighted by Crippen LogP contribution is -2.40. The van der Waals surface area contributed by atoms with E-state index in [0.717, 1.165) is 6.26 Å². The Labute approximate surface area is 196 Å². The molecule has 34 heavy (non-hydrogen) atoms. The molecule has 0 aliphatic heterocycles. The van der Waals surface area contributed by atoms with Crippen LogP contribution in [0.15, 0.2) is 73.1 Å². The van der Waals surface area contributed by atoms with Crippen LogP contribution >= 0.6 is 0 Å². The Balaban J connectivity index is 2.04. The molecule has 0 aliphatic carbocycles. The number of sulfone groups is 1. The molecule has 2 unspecified atom stereocenters. The van der Waals surface area contributed by atoms with Crippen LogP contribution < -0.4 is 11.1 Å². The fraction of sp³-hybridized carbons (Fsp3) is 0.167. The molecule has 0 radical (unpaired) electrons. The fourth-order valence-electron chi connectivity index (χ4n) is 3.37. The molecule has 0 saturated carbocycles. The van der Waals surface area contributed by atoms with E-state index < -0.39 is 45.2 Å². The van der Waals surface area contributed by atoms with Crippen molar-refractivity contribution in [3.63, 3.8) is 0 Å². The summed E-state index contributed by atoms with van der Waals surface area (Å²) in [6, 6.07) is 14.9. The number of hydrogen-bond donors (Lipinski definition) is 3. The quantitative estimate of drug-likeness (QED) is 0.393. The third-order valence-electron chi connectivity index (χ3n) is 5.15. The number of rotatable bonds is 9. The summed E-state index contributed by atoms with van der Waals surface area (Å²) in [5.74, 6) is -2.59. The number of carbonyl (C=O) groups is 3. The number of carboxylic acid groups (broad SMARTS) is 1. The van der Waals surface area contributed by atoms with Gasteiger partial charge in [0.2, 0.25) is 0 Å². The van der Waals surface area contributed by atoms with Gasteiger partial charge in [-0.25, -0.2) is 8.42 Å². The van der Waals surface area contributed by atoms with Crippen LogP contribution in [0.25, 0.3) is 11.1 Å². The number of Topliss-reactive ketones (excluding diaryl/α,β-unsaturated/α-hetero) is 1. The van der Waals surface area contributed by atoms with E-state index >= 15 is 0 Å². The summed E-state index contributed by atoms with van der Waals surface area (Å²) in [7, 11) is -3.97. The third kappa shape index (κ3) is 5.91. The van der Waals surface area contributed by atoms with Gasteiger partial charge in [0.15, 0.2) is 15.6 Å². The Morgan fingerprint density at radius 1 is 1.06 bits per heavy atom. The number of benzene rings is 2. The van der Waals surface area contributed by atoms with E-state index in [-0.39, 0.29) is 5.56 Å². The van der Waals surface area contributed by atoms with Gasteiger partial charge in [-0.3, -0.25) is 19.4 Å². The van der Waals surface area contributed by atoms with Crippen molar-refractivity contribution in [2.75, 3.05) is 11.6 Å². The summed E-state index contributed by atoms with van der Waals surface area (Å²) >= 11 is 0. The number of hydrogen-bond acceptors (Lipinski definition) is 7. The number of carboxylic acids is 1. The van der Waals surface area contributed by atoms with Crippen molar-refractivity contribution in [2.24, 2.45) is 5.73 Å². The second kappa shape index (κ2) is 10.4. The monoisotopic (exact) mass is 481 g/mol. The largest absolute Gasteiger partial charge is 0.480 e. The highest BCUT2D eigenvalue weighted by Gasteiger charge is 2.34. The van der Waals surface area contributed by atoms with Crippen LogP contribution in [0.1, 0.15) is 27.1 Å². The highest BCUT2D eigenvalue weighted by molar-refractivity contribution is 7.92. The number of amides is 1. The zero-order valence-electron chi connectivity index (χ0n) is 18.2. The maximum absolute atomic E-state index is 13.4. The second-order valence-electron chi connectivity index (χ2n) is 7.69. The average molecular weight is 482 g/mol. The molecule has 9 nitrogen and oxygen atoms in total. The topological polar surface area (TPSA) is 157 Å². The Kier molecular flexibility index (Phi) is 7.54. The minimum absolute atomic E-state index is 0.0681. The molecule has 176 valence electrons. The molecule has 3 aromatic rings. The number of ketones is 1. The summed E-state index contributed by atoms with van der Waals surface area (Å²) in [6.45, 7) is 0. The zero-order chi connectivity index (χ0) is 24.9. The maximum atomic E-state index is 13.4. The fourth-order valence-corrected chi connectivity index (χ4v) is 4.45. The Morgan fingerprint density at radius 2 is 1.76 bits per heavy atom. The average Bonchev–Trinajstić information content (AvgIpc) is 2.82. The minimum Gasteiger partial charge on any atom is -0.480 e. The van der Waals surface area contributed by atoms with Gasteiger partial charge in [-0.15, -0.1) is 0 Å². The van der Waals surface area contributed by atoms with E-state index in [1.807, 2.05) is 0 Å². The lowest BCUT2D eigenvalue weighted by atomic mass is 9.93. The van der Waals surface area contributed by atoms with Gasteiger partial charge in [0.1, 0.15) is 11.3 Å². The van der Waals surface area contributed by atoms with Gasteiger partial charge in [0, 0.05) is 29.9 Å². The number of carbonyl (C=O) groups excluding carboxylic acids is 2. The van der Waals surface area contributed by atoms with Crippen LogP contribution in [0.4, 0.5) is 5.69 Å². The number of nitrogens with zero attached hydrogens (tertiary/aromatic N) is 1. The van der Waals surface area contributed by atoms with Gasteiger partial charge in [0.05, 0.1) is 5.56 Å². The third-order valence-corrected chi connectivity index (χ3v) is 6.59. The van der Waals surface area contributed by atoms with Crippen LogP contribution in [0, 0.1) is 0 Å². The first-order chi connectivity index (χ1) is 16.1. The molecule has 0 bridgehead atoms. The van der Waals surface area contributed by atoms with E-state index in [1.54, 1.807) is 54.7 Å². The summed E-state index contributed by atoms with van der Waals surface area (Å²) in [6.07, 6.45) is 3.25. The Bertz CT molecular complexity index is 1310. The number of anilines is 1. The number of nitrogens with one attached hydrogen (secondary N) is 1. The van der Waals surface area contributed by atoms with Crippen molar-refractivity contribution in [1.82, 2.24) is 4.98 Å². The van der Waals surface area contributed by atoms with Crippen LogP contribution in [0.5, 0.6) is 0 Å². The molecular weight excluding hydrogens is 458 g/mol. The molecule has 1 amide bonds. The lowest BCUT2D eigenvalue weighted by molar-refractivity contribution is -0.138. The molecule has 3 rings (SSSR count). The predicted octanol–water partition coefficient (Wildman–Crippen LogP) is 2.40. The standard InChI is InChI=1S/C24H23N3O6S/c1-34(32,33)21(13-20(25)24(30)31)22(28)18-10-9-17(12-19(18)15-6-3-2-4-7-15)27-23(29)16-8-5-11-26-14-16/h2-12,14,20-21H,13,25H2,1H3,(H,27,29)(H,30,31). The van der Waals surface area contributed by atoms with E-state index in [0.29, 0.717) is 22.4 Å². The van der Waals surface area contributed by atoms with Crippen molar-refractivity contribution in [3.05, 3.63) is 84.2 Å². The zero-order valence-corrected chi connectivity index (χ0v) is 19.0. The second-order valence-corrected chi connectivity index (χ2v) is 9.91. The van der Waals surface area contributed by atoms with Crippen molar-refractivity contribution >= 4 is 33.2 Å². The van der Waals surface area contributed by atoms with Crippen LogP contribution in [0.2, 0.25) is 0 Å². The van der Waals surface area contributed by atoms with Crippen LogP contribution in [-0.2, 0) is 14.6 Å². The first-order valence-corrected chi connectivity index (χ1v) is 12.2. The number of aliphatic carboxylic acids is 1. The predicted molar refractivity (Wildman–Crippen MR) is 127 cm³/mol. The molecule has 1 heterocycles. The van der Waals surface area contributed by atoms with Gasteiger partial charge >= 0.3 is 5.97 Å². The summed E-state index contributed by atoms with van der Waals surface area (Å²) < 4.78 is 24.8. The summed E-state index contributed by atoms with van der Waals surface area (Å²) in [4.78, 5) is 41.0. The smallest absolute Gasteiger partial charge is 0.320 e. The first kappa shape index (κ1) is 24.7. The van der Waals surface area contributed by atoms with E-state index in [2.05, 4.69) is 10.3 Å². The minimum atomic E-state index is -3.97. The molecule has 4 N–H and O–H groups in total. The van der Waals surface area contributed by atoms with Gasteiger partial charge < -0.3 is 16.2 Å². The summed E-state index contributed by atoms with van der Waals surface area (Å²) in [5.41, 5.74) is 7.32. The van der Waals surface area contributed by atoms with E-state index in [4.69, 9.17) is 10.8 Å². The molecular formula is C24H23N3O6S. The van der Waals surface area contributed by atoms with Gasteiger partial charge in [-0.05, 0) is 47.9 Å². The maximum Gasteiger partial charge on any atom is 0.320 e. The molecule has 0 spiro atoms. The van der Waals surface area contributed by atoms with Gasteiger partial charge in [0.25, 0.3) is 5.91 Å². The highest BCUT2D eigenvalue weighted by atomic mass is 32.2. The SMILES string of the molecule is CS(=O)(=O)C(CC(N)C(=O)O)C(=O)c1ccc(NC(=O)c2cccnc2)cc1-c1ccccc1. The highest BCUT2D eigenvalue weighted by Crippen LogP contribution is 2.30. The van der Waals surface area contributed by atoms with Gasteiger partial charge in [-0.1, -0.05) is 30.3 Å². The molecule has 1 aromatic heterocycles. The van der Waals surface area contributed by atoms with Gasteiger partial charge in [-0.2, -0.15) is 0 Å². The van der Waals surface area contributed by atoms with Crippen molar-refractivity contribution in [3.8, 4) is 11.1 Å². The molecule has 0 aliphatic rings. The number of pyridine rings is 1. The normalized spacial score (nSPS) is 13.0. The number of aromatic nitrogens is 1. The molecule has 0 saturated heterocycles. The summed E-state index contributed by atoms with van der Waals surface area (Å²) in [5, 5.41) is 10.2. The Hall–Kier alpha value is -3.89. The van der Waals surface area contributed by atoms with Crippen molar-refractivity contribution < 1.29 is 27.9 Å². The molecule has 0 fully saturated rings. The lowest BCUT2D eigenvalue weighted by Gasteiger charge is -2.19. The van der Waals surface area contributed by atoms with Crippen molar-refractivity contribution in [2.45, 2.75) is 17.7 Å². The molecule has 2 aromatic carbocycles. The van der Waals surface area contributed by atoms with Crippen LogP contribution in [-0.4, -0.2) is 53.7 Å². The molecule has 10 heteroatoms. The molecule has 2 atom stereocenters. The van der Waals surface area contributed by atoms with E-state index in [1.165, 1.54) is 18.3 Å². The first-order valence-electron chi connectivity index (χ1n) is 10.2. The number of nitrogens with two attached hydrogens (primary N) is 1.